The number of rotatable bonds is 4. The van der Waals surface area contributed by atoms with E-state index >= 15 is 0 Å². The Bertz CT molecular complexity index is 161. The largest absolute Gasteiger partial charge is 0.381 e. The molecule has 0 aliphatic heterocycles. The Hall–Kier alpha value is -0.300. The highest BCUT2D eigenvalue weighted by atomic mass is 16.5. The lowest BCUT2D eigenvalue weighted by atomic mass is 9.77. The summed E-state index contributed by atoms with van der Waals surface area (Å²) < 4.78 is 5.52. The number of hydrogen-bond acceptors (Lipinski definition) is 1. The normalized spacial score (nSPS) is 28.3. The fourth-order valence-electron chi connectivity index (χ4n) is 2.17. The van der Waals surface area contributed by atoms with Gasteiger partial charge in [0.2, 0.25) is 0 Å². The molecule has 76 valence electrons. The zero-order valence-electron chi connectivity index (χ0n) is 9.12. The van der Waals surface area contributed by atoms with Crippen molar-refractivity contribution in [1.82, 2.24) is 0 Å². The van der Waals surface area contributed by atoms with Gasteiger partial charge in [-0.3, -0.25) is 0 Å². The summed E-state index contributed by atoms with van der Waals surface area (Å²) in [4.78, 5) is 0. The van der Waals surface area contributed by atoms with Gasteiger partial charge in [0, 0.05) is 13.2 Å². The number of allylic oxidation sites excluding steroid dienone is 2. The lowest BCUT2D eigenvalue weighted by molar-refractivity contribution is 0.0718. The van der Waals surface area contributed by atoms with E-state index in [1.807, 2.05) is 0 Å². The van der Waals surface area contributed by atoms with Gasteiger partial charge < -0.3 is 4.74 Å². The first-order valence-corrected chi connectivity index (χ1v) is 5.48. The molecular weight excluding hydrogens is 160 g/mol. The Kier molecular flexibility index (Phi) is 4.51. The maximum absolute atomic E-state index is 5.52. The predicted molar refractivity (Wildman–Crippen MR) is 56.7 cm³/mol. The minimum Gasteiger partial charge on any atom is -0.381 e. The number of ether oxygens (including phenoxy) is 1. The van der Waals surface area contributed by atoms with Gasteiger partial charge in [-0.2, -0.15) is 0 Å². The molecule has 0 aromatic heterocycles. The molecule has 0 N–H and O–H groups in total. The fourth-order valence-corrected chi connectivity index (χ4v) is 2.17. The Morgan fingerprint density at radius 3 is 2.62 bits per heavy atom. The zero-order chi connectivity index (χ0) is 9.68. The zero-order valence-corrected chi connectivity index (χ0v) is 9.12. The van der Waals surface area contributed by atoms with Crippen LogP contribution in [0.2, 0.25) is 0 Å². The van der Waals surface area contributed by atoms with Gasteiger partial charge in [-0.1, -0.05) is 26.0 Å². The van der Waals surface area contributed by atoms with Crippen molar-refractivity contribution in [3.05, 3.63) is 12.2 Å². The van der Waals surface area contributed by atoms with Crippen LogP contribution in [0.1, 0.15) is 33.6 Å². The second-order valence-electron chi connectivity index (χ2n) is 4.27. The third-order valence-corrected chi connectivity index (χ3v) is 3.01. The van der Waals surface area contributed by atoms with Crippen LogP contribution in [-0.4, -0.2) is 13.2 Å². The van der Waals surface area contributed by atoms with Crippen LogP contribution in [0.5, 0.6) is 0 Å². The molecule has 1 aliphatic carbocycles. The van der Waals surface area contributed by atoms with Crippen molar-refractivity contribution in [3.63, 3.8) is 0 Å². The molecule has 0 heterocycles. The molecule has 0 amide bonds. The first kappa shape index (κ1) is 10.8. The van der Waals surface area contributed by atoms with E-state index in [1.165, 1.54) is 12.8 Å². The highest BCUT2D eigenvalue weighted by molar-refractivity contribution is 4.95. The minimum atomic E-state index is 0.755. The predicted octanol–water partition coefficient (Wildman–Crippen LogP) is 3.26. The average molecular weight is 182 g/mol. The summed E-state index contributed by atoms with van der Waals surface area (Å²) in [7, 11) is 0. The highest BCUT2D eigenvalue weighted by Crippen LogP contribution is 2.31. The first-order chi connectivity index (χ1) is 6.25. The molecule has 0 aromatic rings. The van der Waals surface area contributed by atoms with Gasteiger partial charge >= 0.3 is 0 Å². The van der Waals surface area contributed by atoms with E-state index in [4.69, 9.17) is 4.74 Å². The highest BCUT2D eigenvalue weighted by Gasteiger charge is 2.24. The van der Waals surface area contributed by atoms with Crippen molar-refractivity contribution in [2.24, 2.45) is 17.8 Å². The van der Waals surface area contributed by atoms with E-state index in [9.17, 15) is 0 Å². The van der Waals surface area contributed by atoms with E-state index in [-0.39, 0.29) is 0 Å². The first-order valence-electron chi connectivity index (χ1n) is 5.48. The van der Waals surface area contributed by atoms with Crippen LogP contribution in [-0.2, 0) is 4.74 Å². The summed E-state index contributed by atoms with van der Waals surface area (Å²) in [5.41, 5.74) is 0. The van der Waals surface area contributed by atoms with Gasteiger partial charge in [0.25, 0.3) is 0 Å². The molecule has 0 radical (unpaired) electrons. The van der Waals surface area contributed by atoms with Gasteiger partial charge in [0.05, 0.1) is 0 Å². The molecule has 1 heteroatoms. The van der Waals surface area contributed by atoms with Gasteiger partial charge in [-0.25, -0.2) is 0 Å². The van der Waals surface area contributed by atoms with E-state index in [0.717, 1.165) is 31.0 Å². The van der Waals surface area contributed by atoms with Crippen LogP contribution in [0, 0.1) is 17.8 Å². The quantitative estimate of drug-likeness (QED) is 0.606. The smallest absolute Gasteiger partial charge is 0.0499 e. The van der Waals surface area contributed by atoms with Crippen LogP contribution in [0.4, 0.5) is 0 Å². The molecule has 1 rings (SSSR count). The van der Waals surface area contributed by atoms with Gasteiger partial charge in [-0.15, -0.1) is 0 Å². The lowest BCUT2D eigenvalue weighted by Gasteiger charge is -2.31. The summed E-state index contributed by atoms with van der Waals surface area (Å²) in [5, 5.41) is 0. The van der Waals surface area contributed by atoms with E-state index < -0.39 is 0 Å². The van der Waals surface area contributed by atoms with Crippen molar-refractivity contribution in [3.8, 4) is 0 Å². The van der Waals surface area contributed by atoms with Gasteiger partial charge in [0.15, 0.2) is 0 Å². The standard InChI is InChI=1S/C12H22O/c1-4-13-9-11-7-5-6-8-12(11)10(2)3/h5-6,10-12H,4,7-9H2,1-3H3/t11?,12-/m1/s1. The Morgan fingerprint density at radius 1 is 1.31 bits per heavy atom. The molecule has 0 fully saturated rings. The van der Waals surface area contributed by atoms with Crippen molar-refractivity contribution in [2.75, 3.05) is 13.2 Å². The van der Waals surface area contributed by atoms with Crippen LogP contribution < -0.4 is 0 Å². The van der Waals surface area contributed by atoms with Crippen LogP contribution in [0.25, 0.3) is 0 Å². The summed E-state index contributed by atoms with van der Waals surface area (Å²) in [6, 6.07) is 0. The molecule has 2 atom stereocenters. The molecule has 0 saturated heterocycles. The maximum Gasteiger partial charge on any atom is 0.0499 e. The molecule has 13 heavy (non-hydrogen) atoms. The Morgan fingerprint density at radius 2 is 2.00 bits per heavy atom. The molecule has 1 aliphatic rings. The SMILES string of the molecule is CCOCC1CC=CC[C@@H]1C(C)C. The van der Waals surface area contributed by atoms with Gasteiger partial charge in [-0.05, 0) is 37.5 Å². The molecule has 0 aromatic carbocycles. The third-order valence-electron chi connectivity index (χ3n) is 3.01. The minimum absolute atomic E-state index is 0.755. The van der Waals surface area contributed by atoms with E-state index in [0.29, 0.717) is 0 Å². The van der Waals surface area contributed by atoms with Crippen molar-refractivity contribution < 1.29 is 4.74 Å². The molecule has 1 unspecified atom stereocenters. The van der Waals surface area contributed by atoms with Crippen molar-refractivity contribution in [2.45, 2.75) is 33.6 Å². The van der Waals surface area contributed by atoms with Crippen molar-refractivity contribution in [1.29, 1.82) is 0 Å². The molecule has 0 bridgehead atoms. The lowest BCUT2D eigenvalue weighted by Crippen LogP contribution is -2.25. The second-order valence-corrected chi connectivity index (χ2v) is 4.27. The van der Waals surface area contributed by atoms with Gasteiger partial charge in [0.1, 0.15) is 0 Å². The topological polar surface area (TPSA) is 9.23 Å². The summed E-state index contributed by atoms with van der Waals surface area (Å²) >= 11 is 0. The summed E-state index contributed by atoms with van der Waals surface area (Å²) in [6.45, 7) is 8.52. The molecule has 1 nitrogen and oxygen atoms in total. The summed E-state index contributed by atoms with van der Waals surface area (Å²) in [6.07, 6.45) is 7.09. The molecule has 0 saturated carbocycles. The maximum atomic E-state index is 5.52. The van der Waals surface area contributed by atoms with E-state index in [1.54, 1.807) is 0 Å². The van der Waals surface area contributed by atoms with Crippen molar-refractivity contribution >= 4 is 0 Å². The number of hydrogen-bond donors (Lipinski definition) is 0. The molecular formula is C12H22O. The van der Waals surface area contributed by atoms with E-state index in [2.05, 4.69) is 32.9 Å². The molecule has 0 spiro atoms. The monoisotopic (exact) mass is 182 g/mol. The second kappa shape index (κ2) is 5.43. The Balaban J connectivity index is 2.43. The van der Waals surface area contributed by atoms with Crippen LogP contribution in [0.15, 0.2) is 12.2 Å². The van der Waals surface area contributed by atoms with Crippen LogP contribution >= 0.6 is 0 Å². The third kappa shape index (κ3) is 3.15. The van der Waals surface area contributed by atoms with Crippen LogP contribution in [0.3, 0.4) is 0 Å². The Labute approximate surface area is 82.2 Å². The fraction of sp³-hybridized carbons (Fsp3) is 0.833. The average Bonchev–Trinajstić information content (AvgIpc) is 2.15. The summed E-state index contributed by atoms with van der Waals surface area (Å²) in [5.74, 6) is 2.37.